The Morgan fingerprint density at radius 1 is 0.895 bits per heavy atom. The van der Waals surface area contributed by atoms with E-state index in [4.69, 9.17) is 0 Å². The van der Waals surface area contributed by atoms with Gasteiger partial charge in [-0.05, 0) is 41.7 Å². The van der Waals surface area contributed by atoms with E-state index in [9.17, 15) is 0 Å². The van der Waals surface area contributed by atoms with E-state index in [-0.39, 0.29) is 5.41 Å². The predicted molar refractivity (Wildman–Crippen MR) is 83.9 cm³/mol. The summed E-state index contributed by atoms with van der Waals surface area (Å²) in [5.41, 5.74) is 5.65. The van der Waals surface area contributed by atoms with Gasteiger partial charge in [-0.15, -0.1) is 0 Å². The minimum atomic E-state index is 0.189. The maximum atomic E-state index is 2.37. The van der Waals surface area contributed by atoms with Crippen molar-refractivity contribution in [1.82, 2.24) is 4.57 Å². The van der Waals surface area contributed by atoms with E-state index < -0.39 is 0 Å². The molecule has 0 amide bonds. The van der Waals surface area contributed by atoms with Crippen molar-refractivity contribution >= 4 is 21.8 Å². The van der Waals surface area contributed by atoms with Gasteiger partial charge in [0.25, 0.3) is 0 Å². The number of fused-ring (bicyclic) bond motifs is 3. The molecule has 0 radical (unpaired) electrons. The molecule has 0 N–H and O–H groups in total. The van der Waals surface area contributed by atoms with Gasteiger partial charge in [-0.25, -0.2) is 0 Å². The molecule has 2 aromatic carbocycles. The Morgan fingerprint density at radius 2 is 1.58 bits per heavy atom. The van der Waals surface area contributed by atoms with Gasteiger partial charge in [-0.2, -0.15) is 0 Å². The molecule has 0 bridgehead atoms. The van der Waals surface area contributed by atoms with Crippen molar-refractivity contribution in [3.63, 3.8) is 0 Å². The van der Waals surface area contributed by atoms with Crippen molar-refractivity contribution in [1.29, 1.82) is 0 Å². The van der Waals surface area contributed by atoms with Gasteiger partial charge in [0.1, 0.15) is 0 Å². The van der Waals surface area contributed by atoms with Gasteiger partial charge in [0.15, 0.2) is 0 Å². The number of nitrogens with zero attached hydrogens (tertiary/aromatic N) is 1. The van der Waals surface area contributed by atoms with Gasteiger partial charge in [0, 0.05) is 28.9 Å². The van der Waals surface area contributed by atoms with Crippen LogP contribution in [0.3, 0.4) is 0 Å². The zero-order chi connectivity index (χ0) is 13.8. The van der Waals surface area contributed by atoms with Crippen molar-refractivity contribution in [2.24, 2.45) is 7.05 Å². The normalized spacial score (nSPS) is 12.5. The molecule has 1 heterocycles. The van der Waals surface area contributed by atoms with Gasteiger partial charge >= 0.3 is 0 Å². The molecule has 1 nitrogen and oxygen atoms in total. The molecule has 3 rings (SSSR count). The van der Waals surface area contributed by atoms with Crippen molar-refractivity contribution in [2.75, 3.05) is 0 Å². The molecule has 0 spiro atoms. The van der Waals surface area contributed by atoms with Gasteiger partial charge in [0.05, 0.1) is 0 Å². The zero-order valence-corrected chi connectivity index (χ0v) is 12.4. The van der Waals surface area contributed by atoms with E-state index in [1.165, 1.54) is 32.9 Å². The van der Waals surface area contributed by atoms with E-state index in [0.717, 1.165) is 0 Å². The molecule has 1 heteroatoms. The van der Waals surface area contributed by atoms with Gasteiger partial charge in [0.2, 0.25) is 0 Å². The summed E-state index contributed by atoms with van der Waals surface area (Å²) < 4.78 is 2.30. The van der Waals surface area contributed by atoms with Crippen LogP contribution in [-0.2, 0) is 12.5 Å². The second-order valence-corrected chi connectivity index (χ2v) is 6.51. The lowest BCUT2D eigenvalue weighted by Gasteiger charge is -2.22. The number of benzene rings is 2. The van der Waals surface area contributed by atoms with Crippen LogP contribution >= 0.6 is 0 Å². The van der Waals surface area contributed by atoms with E-state index >= 15 is 0 Å². The van der Waals surface area contributed by atoms with Crippen molar-refractivity contribution in [2.45, 2.75) is 33.1 Å². The summed E-state index contributed by atoms with van der Waals surface area (Å²) in [7, 11) is 2.16. The second kappa shape index (κ2) is 3.86. The summed E-state index contributed by atoms with van der Waals surface area (Å²) in [6.45, 7) is 9.07. The van der Waals surface area contributed by atoms with Crippen LogP contribution in [-0.4, -0.2) is 4.57 Å². The van der Waals surface area contributed by atoms with Crippen LogP contribution in [0, 0.1) is 6.92 Å². The van der Waals surface area contributed by atoms with Crippen LogP contribution in [0.1, 0.15) is 31.9 Å². The third kappa shape index (κ3) is 1.76. The quantitative estimate of drug-likeness (QED) is 0.533. The molecule has 0 atom stereocenters. The lowest BCUT2D eigenvalue weighted by atomic mass is 9.83. The lowest BCUT2D eigenvalue weighted by Crippen LogP contribution is -2.13. The minimum absolute atomic E-state index is 0.189. The fourth-order valence-corrected chi connectivity index (χ4v) is 3.12. The fraction of sp³-hybridized carbons (Fsp3) is 0.333. The standard InChI is InChI=1S/C18H21N/c1-12-10-14-13-8-6-7-9-16(13)19(5)17(14)11-15(12)18(2,3)4/h6-11H,1-5H3. The Hall–Kier alpha value is -1.76. The molecule has 98 valence electrons. The van der Waals surface area contributed by atoms with E-state index in [1.54, 1.807) is 0 Å². The minimum Gasteiger partial charge on any atom is -0.344 e. The number of hydrogen-bond donors (Lipinski definition) is 0. The number of hydrogen-bond acceptors (Lipinski definition) is 0. The summed E-state index contributed by atoms with van der Waals surface area (Å²) in [4.78, 5) is 0. The third-order valence-electron chi connectivity index (χ3n) is 4.07. The number of aromatic nitrogens is 1. The summed E-state index contributed by atoms with van der Waals surface area (Å²) in [5.74, 6) is 0. The largest absolute Gasteiger partial charge is 0.344 e. The predicted octanol–water partition coefficient (Wildman–Crippen LogP) is 4.94. The monoisotopic (exact) mass is 251 g/mol. The average molecular weight is 251 g/mol. The van der Waals surface area contributed by atoms with E-state index in [2.05, 4.69) is 75.7 Å². The average Bonchev–Trinajstić information content (AvgIpc) is 2.61. The van der Waals surface area contributed by atoms with Gasteiger partial charge in [-0.1, -0.05) is 39.0 Å². The van der Waals surface area contributed by atoms with Crippen molar-refractivity contribution in [3.05, 3.63) is 47.5 Å². The van der Waals surface area contributed by atoms with E-state index in [1.807, 2.05) is 0 Å². The number of aryl methyl sites for hydroxylation is 2. The maximum Gasteiger partial charge on any atom is 0.0491 e. The Bertz CT molecular complexity index is 770. The topological polar surface area (TPSA) is 4.93 Å². The molecular formula is C18H21N. The zero-order valence-electron chi connectivity index (χ0n) is 12.4. The first kappa shape index (κ1) is 12.3. The highest BCUT2D eigenvalue weighted by Gasteiger charge is 2.18. The molecule has 19 heavy (non-hydrogen) atoms. The molecule has 0 fully saturated rings. The van der Waals surface area contributed by atoms with Crippen LogP contribution in [0.25, 0.3) is 21.8 Å². The first-order valence-corrected chi connectivity index (χ1v) is 6.88. The molecule has 3 aromatic rings. The smallest absolute Gasteiger partial charge is 0.0491 e. The first-order valence-electron chi connectivity index (χ1n) is 6.88. The first-order chi connectivity index (χ1) is 8.89. The Kier molecular flexibility index (Phi) is 2.50. The highest BCUT2D eigenvalue weighted by atomic mass is 14.9. The van der Waals surface area contributed by atoms with Crippen molar-refractivity contribution in [3.8, 4) is 0 Å². The Morgan fingerprint density at radius 3 is 2.26 bits per heavy atom. The molecule has 0 aliphatic carbocycles. The lowest BCUT2D eigenvalue weighted by molar-refractivity contribution is 0.587. The van der Waals surface area contributed by atoms with E-state index in [0.29, 0.717) is 0 Å². The maximum absolute atomic E-state index is 2.37. The number of para-hydroxylation sites is 1. The van der Waals surface area contributed by atoms with Gasteiger partial charge in [-0.3, -0.25) is 0 Å². The second-order valence-electron chi connectivity index (χ2n) is 6.51. The molecule has 0 unspecified atom stereocenters. The Labute approximate surface area is 114 Å². The van der Waals surface area contributed by atoms with Gasteiger partial charge < -0.3 is 4.57 Å². The summed E-state index contributed by atoms with van der Waals surface area (Å²) in [6, 6.07) is 13.4. The summed E-state index contributed by atoms with van der Waals surface area (Å²) in [5, 5.41) is 2.71. The van der Waals surface area contributed by atoms with Crippen LogP contribution in [0.4, 0.5) is 0 Å². The van der Waals surface area contributed by atoms with Crippen LogP contribution < -0.4 is 0 Å². The Balaban J connectivity index is 2.48. The molecule has 0 aliphatic rings. The molecular weight excluding hydrogens is 230 g/mol. The van der Waals surface area contributed by atoms with Crippen LogP contribution in [0.2, 0.25) is 0 Å². The summed E-state index contributed by atoms with van der Waals surface area (Å²) in [6.07, 6.45) is 0. The third-order valence-corrected chi connectivity index (χ3v) is 4.07. The molecule has 0 saturated carbocycles. The SMILES string of the molecule is Cc1cc2c3ccccc3n(C)c2cc1C(C)(C)C. The molecule has 0 aliphatic heterocycles. The molecule has 1 aromatic heterocycles. The summed E-state index contributed by atoms with van der Waals surface area (Å²) >= 11 is 0. The van der Waals surface area contributed by atoms with Crippen LogP contribution in [0.5, 0.6) is 0 Å². The van der Waals surface area contributed by atoms with Crippen LogP contribution in [0.15, 0.2) is 36.4 Å². The number of rotatable bonds is 0. The molecule has 0 saturated heterocycles. The highest BCUT2D eigenvalue weighted by molar-refractivity contribution is 6.08. The highest BCUT2D eigenvalue weighted by Crippen LogP contribution is 2.34. The van der Waals surface area contributed by atoms with Crippen molar-refractivity contribution < 1.29 is 0 Å². The fourth-order valence-electron chi connectivity index (χ4n) is 3.12.